The highest BCUT2D eigenvalue weighted by molar-refractivity contribution is 9.10. The van der Waals surface area contributed by atoms with Crippen molar-refractivity contribution in [1.29, 1.82) is 0 Å². The number of nitrogens with zero attached hydrogens (tertiary/aromatic N) is 3. The molecule has 5 heteroatoms. The van der Waals surface area contributed by atoms with Gasteiger partial charge in [0.1, 0.15) is 16.2 Å². The summed E-state index contributed by atoms with van der Waals surface area (Å²) in [6, 6.07) is 2.61. The maximum atomic E-state index is 5.14. The van der Waals surface area contributed by atoms with Gasteiger partial charge in [0.15, 0.2) is 0 Å². The monoisotopic (exact) mass is 285 g/mol. The van der Waals surface area contributed by atoms with Gasteiger partial charge in [-0.3, -0.25) is 0 Å². The molecule has 1 aliphatic rings. The zero-order valence-corrected chi connectivity index (χ0v) is 11.2. The molecule has 0 N–H and O–H groups in total. The Labute approximate surface area is 104 Å². The molecule has 0 atom stereocenters. The maximum Gasteiger partial charge on any atom is 0.133 e. The molecule has 1 fully saturated rings. The van der Waals surface area contributed by atoms with Crippen LogP contribution in [0.2, 0.25) is 0 Å². The summed E-state index contributed by atoms with van der Waals surface area (Å²) in [6.45, 7) is 3.54. The molecule has 0 aliphatic heterocycles. The van der Waals surface area contributed by atoms with Gasteiger partial charge in [-0.2, -0.15) is 0 Å². The van der Waals surface area contributed by atoms with E-state index < -0.39 is 0 Å². The highest BCUT2D eigenvalue weighted by Gasteiger charge is 2.30. The molecule has 0 aromatic carbocycles. The summed E-state index contributed by atoms with van der Waals surface area (Å²) in [7, 11) is 1.73. The second kappa shape index (κ2) is 5.10. The normalized spacial score (nSPS) is 15.2. The molecule has 0 unspecified atom stereocenters. The standard InChI is InChI=1S/C11H16BrN3O/c1-8-13-10(12)7-11(14-8)15(5-6-16-2)9-3-4-9/h7,9H,3-6H2,1-2H3. The lowest BCUT2D eigenvalue weighted by molar-refractivity contribution is 0.204. The highest BCUT2D eigenvalue weighted by Crippen LogP contribution is 2.31. The van der Waals surface area contributed by atoms with Crippen LogP contribution in [-0.4, -0.2) is 36.3 Å². The molecular formula is C11H16BrN3O. The zero-order chi connectivity index (χ0) is 11.5. The molecule has 1 aliphatic carbocycles. The van der Waals surface area contributed by atoms with E-state index in [1.165, 1.54) is 12.8 Å². The summed E-state index contributed by atoms with van der Waals surface area (Å²) in [5.74, 6) is 1.80. The first-order valence-electron chi connectivity index (χ1n) is 5.47. The van der Waals surface area contributed by atoms with Crippen LogP contribution in [0.3, 0.4) is 0 Å². The Morgan fingerprint density at radius 1 is 1.50 bits per heavy atom. The predicted molar refractivity (Wildman–Crippen MR) is 66.7 cm³/mol. The quantitative estimate of drug-likeness (QED) is 0.777. The predicted octanol–water partition coefficient (Wildman–Crippen LogP) is 2.16. The Kier molecular flexibility index (Phi) is 3.76. The first-order valence-corrected chi connectivity index (χ1v) is 6.27. The minimum atomic E-state index is 0.636. The van der Waals surface area contributed by atoms with Gasteiger partial charge in [0.2, 0.25) is 0 Å². The molecule has 1 aromatic heterocycles. The van der Waals surface area contributed by atoms with Gasteiger partial charge in [0, 0.05) is 25.8 Å². The van der Waals surface area contributed by atoms with Gasteiger partial charge in [-0.25, -0.2) is 9.97 Å². The van der Waals surface area contributed by atoms with Crippen LogP contribution in [0.25, 0.3) is 0 Å². The van der Waals surface area contributed by atoms with Gasteiger partial charge in [-0.05, 0) is 35.7 Å². The number of ether oxygens (including phenoxy) is 1. The Bertz CT molecular complexity index is 348. The second-order valence-corrected chi connectivity index (χ2v) is 4.83. The van der Waals surface area contributed by atoms with Crippen LogP contribution in [0.15, 0.2) is 10.7 Å². The van der Waals surface area contributed by atoms with E-state index in [0.717, 1.165) is 29.4 Å². The number of methoxy groups -OCH3 is 1. The van der Waals surface area contributed by atoms with E-state index in [1.54, 1.807) is 7.11 Å². The van der Waals surface area contributed by atoms with Crippen molar-refractivity contribution in [1.82, 2.24) is 9.97 Å². The molecule has 2 rings (SSSR count). The van der Waals surface area contributed by atoms with E-state index in [4.69, 9.17) is 4.74 Å². The summed E-state index contributed by atoms with van der Waals surface area (Å²) in [5, 5.41) is 0. The molecule has 1 saturated carbocycles. The van der Waals surface area contributed by atoms with Crippen LogP contribution in [-0.2, 0) is 4.74 Å². The van der Waals surface area contributed by atoms with Crippen LogP contribution >= 0.6 is 15.9 Å². The smallest absolute Gasteiger partial charge is 0.133 e. The Morgan fingerprint density at radius 3 is 2.81 bits per heavy atom. The van der Waals surface area contributed by atoms with Crippen molar-refractivity contribution in [2.75, 3.05) is 25.2 Å². The van der Waals surface area contributed by atoms with Gasteiger partial charge < -0.3 is 9.64 Å². The van der Waals surface area contributed by atoms with Crippen molar-refractivity contribution >= 4 is 21.7 Å². The topological polar surface area (TPSA) is 38.2 Å². The number of aryl methyl sites for hydroxylation is 1. The Balaban J connectivity index is 2.16. The van der Waals surface area contributed by atoms with Crippen LogP contribution in [0.5, 0.6) is 0 Å². The van der Waals surface area contributed by atoms with Gasteiger partial charge >= 0.3 is 0 Å². The molecule has 88 valence electrons. The molecule has 0 amide bonds. The maximum absolute atomic E-state index is 5.14. The Morgan fingerprint density at radius 2 is 2.25 bits per heavy atom. The van der Waals surface area contributed by atoms with Gasteiger partial charge in [-0.15, -0.1) is 0 Å². The van der Waals surface area contributed by atoms with Crippen LogP contribution < -0.4 is 4.90 Å². The lowest BCUT2D eigenvalue weighted by Crippen LogP contribution is -2.30. The van der Waals surface area contributed by atoms with Gasteiger partial charge in [0.05, 0.1) is 6.61 Å². The average Bonchev–Trinajstić information content (AvgIpc) is 3.01. The molecule has 16 heavy (non-hydrogen) atoms. The minimum absolute atomic E-state index is 0.636. The van der Waals surface area contributed by atoms with Crippen molar-refractivity contribution < 1.29 is 4.74 Å². The van der Waals surface area contributed by atoms with Crippen molar-refractivity contribution in [3.05, 3.63) is 16.5 Å². The molecule has 1 heterocycles. The van der Waals surface area contributed by atoms with Crippen LogP contribution in [0.1, 0.15) is 18.7 Å². The van der Waals surface area contributed by atoms with E-state index in [-0.39, 0.29) is 0 Å². The first kappa shape index (κ1) is 11.8. The summed E-state index contributed by atoms with van der Waals surface area (Å²) in [5.41, 5.74) is 0. The number of halogens is 1. The lowest BCUT2D eigenvalue weighted by atomic mass is 10.4. The average molecular weight is 286 g/mol. The fourth-order valence-corrected chi connectivity index (χ4v) is 2.18. The van der Waals surface area contributed by atoms with Crippen molar-refractivity contribution in [2.24, 2.45) is 0 Å². The number of anilines is 1. The molecule has 0 bridgehead atoms. The first-order chi connectivity index (χ1) is 7.70. The van der Waals surface area contributed by atoms with Crippen LogP contribution in [0, 0.1) is 6.92 Å². The van der Waals surface area contributed by atoms with E-state index in [0.29, 0.717) is 6.04 Å². The van der Waals surface area contributed by atoms with E-state index in [1.807, 2.05) is 13.0 Å². The minimum Gasteiger partial charge on any atom is -0.383 e. The lowest BCUT2D eigenvalue weighted by Gasteiger charge is -2.23. The third-order valence-electron chi connectivity index (χ3n) is 2.61. The fraction of sp³-hybridized carbons (Fsp3) is 0.636. The largest absolute Gasteiger partial charge is 0.383 e. The highest BCUT2D eigenvalue weighted by atomic mass is 79.9. The fourth-order valence-electron chi connectivity index (χ4n) is 1.72. The summed E-state index contributed by atoms with van der Waals surface area (Å²) < 4.78 is 5.98. The molecule has 0 radical (unpaired) electrons. The number of rotatable bonds is 5. The molecule has 4 nitrogen and oxygen atoms in total. The molecular weight excluding hydrogens is 270 g/mol. The van der Waals surface area contributed by atoms with Crippen LogP contribution in [0.4, 0.5) is 5.82 Å². The summed E-state index contributed by atoms with van der Waals surface area (Å²) in [4.78, 5) is 11.0. The number of hydrogen-bond donors (Lipinski definition) is 0. The SMILES string of the molecule is COCCN(c1cc(Br)nc(C)n1)C1CC1. The van der Waals surface area contributed by atoms with Gasteiger partial charge in [-0.1, -0.05) is 0 Å². The van der Waals surface area contributed by atoms with E-state index >= 15 is 0 Å². The van der Waals surface area contributed by atoms with Gasteiger partial charge in [0.25, 0.3) is 0 Å². The molecule has 1 aromatic rings. The zero-order valence-electron chi connectivity index (χ0n) is 9.61. The van der Waals surface area contributed by atoms with Crippen molar-refractivity contribution in [2.45, 2.75) is 25.8 Å². The van der Waals surface area contributed by atoms with Crippen molar-refractivity contribution in [3.63, 3.8) is 0 Å². The molecule has 0 spiro atoms. The summed E-state index contributed by atoms with van der Waals surface area (Å²) >= 11 is 3.41. The third kappa shape index (κ3) is 2.92. The summed E-state index contributed by atoms with van der Waals surface area (Å²) in [6.07, 6.45) is 2.51. The number of aromatic nitrogens is 2. The third-order valence-corrected chi connectivity index (χ3v) is 3.02. The Hall–Kier alpha value is -0.680. The van der Waals surface area contributed by atoms with E-state index in [9.17, 15) is 0 Å². The molecule has 0 saturated heterocycles. The van der Waals surface area contributed by atoms with E-state index in [2.05, 4.69) is 30.8 Å². The number of hydrogen-bond acceptors (Lipinski definition) is 4. The van der Waals surface area contributed by atoms with Crippen molar-refractivity contribution in [3.8, 4) is 0 Å². The second-order valence-electron chi connectivity index (χ2n) is 4.01.